The summed E-state index contributed by atoms with van der Waals surface area (Å²) in [6.45, 7) is 0.888. The van der Waals surface area contributed by atoms with Gasteiger partial charge in [-0.3, -0.25) is 9.78 Å². The second-order valence-electron chi connectivity index (χ2n) is 5.94. The second kappa shape index (κ2) is 8.73. The lowest BCUT2D eigenvalue weighted by atomic mass is 10.2. The van der Waals surface area contributed by atoms with Gasteiger partial charge >= 0.3 is 0 Å². The van der Waals surface area contributed by atoms with Crippen molar-refractivity contribution in [2.45, 2.75) is 19.5 Å². The van der Waals surface area contributed by atoms with E-state index in [1.165, 1.54) is 4.31 Å². The van der Waals surface area contributed by atoms with Crippen molar-refractivity contribution < 1.29 is 13.2 Å². The Balaban J connectivity index is 1.94. The SMILES string of the molecule is CN(Cc1ccccc1)C(=O)CCN(Cc1ccncc1)S(C)(=O)=O. The highest BCUT2D eigenvalue weighted by Crippen LogP contribution is 2.10. The van der Waals surface area contributed by atoms with Crippen molar-refractivity contribution in [2.75, 3.05) is 19.8 Å². The lowest BCUT2D eigenvalue weighted by Gasteiger charge is -2.22. The van der Waals surface area contributed by atoms with Gasteiger partial charge in [0.15, 0.2) is 0 Å². The Kier molecular flexibility index (Phi) is 6.66. The summed E-state index contributed by atoms with van der Waals surface area (Å²) in [6, 6.07) is 13.2. The molecule has 2 rings (SSSR count). The minimum absolute atomic E-state index is 0.0905. The maximum Gasteiger partial charge on any atom is 0.223 e. The highest BCUT2D eigenvalue weighted by molar-refractivity contribution is 7.88. The zero-order chi connectivity index (χ0) is 18.3. The molecule has 134 valence electrons. The van der Waals surface area contributed by atoms with Gasteiger partial charge in [-0.25, -0.2) is 8.42 Å². The largest absolute Gasteiger partial charge is 0.341 e. The van der Waals surface area contributed by atoms with E-state index >= 15 is 0 Å². The topological polar surface area (TPSA) is 70.6 Å². The molecule has 1 heterocycles. The average molecular weight is 361 g/mol. The third kappa shape index (κ3) is 6.28. The van der Waals surface area contributed by atoms with Crippen molar-refractivity contribution in [1.82, 2.24) is 14.2 Å². The first-order chi connectivity index (χ1) is 11.9. The van der Waals surface area contributed by atoms with E-state index in [1.807, 2.05) is 30.3 Å². The number of carbonyl (C=O) groups is 1. The van der Waals surface area contributed by atoms with E-state index in [0.717, 1.165) is 17.4 Å². The second-order valence-corrected chi connectivity index (χ2v) is 7.92. The van der Waals surface area contributed by atoms with E-state index < -0.39 is 10.0 Å². The molecular weight excluding hydrogens is 338 g/mol. The van der Waals surface area contributed by atoms with Gasteiger partial charge in [0.25, 0.3) is 0 Å². The molecule has 1 aromatic heterocycles. The van der Waals surface area contributed by atoms with Gasteiger partial charge in [0, 0.05) is 45.5 Å². The third-order valence-electron chi connectivity index (χ3n) is 3.84. The molecule has 1 aromatic carbocycles. The van der Waals surface area contributed by atoms with Gasteiger partial charge in [0.05, 0.1) is 6.26 Å². The molecule has 6 nitrogen and oxygen atoms in total. The zero-order valence-corrected chi connectivity index (χ0v) is 15.3. The molecule has 0 N–H and O–H groups in total. The molecule has 0 bridgehead atoms. The fourth-order valence-electron chi connectivity index (χ4n) is 2.41. The van der Waals surface area contributed by atoms with E-state index in [-0.39, 0.29) is 25.4 Å². The summed E-state index contributed by atoms with van der Waals surface area (Å²) in [5.41, 5.74) is 1.88. The molecule has 0 atom stereocenters. The monoisotopic (exact) mass is 361 g/mol. The van der Waals surface area contributed by atoms with Crippen LogP contribution >= 0.6 is 0 Å². The summed E-state index contributed by atoms with van der Waals surface area (Å²) in [4.78, 5) is 17.9. The Hall–Kier alpha value is -2.25. The van der Waals surface area contributed by atoms with Gasteiger partial charge in [-0.05, 0) is 23.3 Å². The number of hydrogen-bond donors (Lipinski definition) is 0. The Labute approximate surface area is 149 Å². The molecule has 0 aliphatic heterocycles. The highest BCUT2D eigenvalue weighted by atomic mass is 32.2. The average Bonchev–Trinajstić information content (AvgIpc) is 2.59. The van der Waals surface area contributed by atoms with Crippen LogP contribution in [0.4, 0.5) is 0 Å². The maximum atomic E-state index is 12.3. The summed E-state index contributed by atoms with van der Waals surface area (Å²) in [5.74, 6) is -0.0905. The molecule has 7 heteroatoms. The predicted octanol–water partition coefficient (Wildman–Crippen LogP) is 1.89. The molecule has 0 radical (unpaired) electrons. The number of pyridine rings is 1. The Morgan fingerprint density at radius 2 is 1.60 bits per heavy atom. The van der Waals surface area contributed by atoms with E-state index in [4.69, 9.17) is 0 Å². The number of aromatic nitrogens is 1. The van der Waals surface area contributed by atoms with Crippen LogP contribution in [-0.2, 0) is 27.9 Å². The minimum atomic E-state index is -3.40. The fourth-order valence-corrected chi connectivity index (χ4v) is 3.22. The van der Waals surface area contributed by atoms with Crippen LogP contribution in [-0.4, -0.2) is 48.4 Å². The number of rotatable bonds is 8. The minimum Gasteiger partial charge on any atom is -0.341 e. The molecular formula is C18H23N3O3S. The van der Waals surface area contributed by atoms with Crippen molar-refractivity contribution in [3.63, 3.8) is 0 Å². The van der Waals surface area contributed by atoms with Crippen LogP contribution in [0, 0.1) is 0 Å². The van der Waals surface area contributed by atoms with Crippen molar-refractivity contribution in [1.29, 1.82) is 0 Å². The molecule has 2 aromatic rings. The zero-order valence-electron chi connectivity index (χ0n) is 14.5. The molecule has 0 unspecified atom stereocenters. The molecule has 1 amide bonds. The first-order valence-corrected chi connectivity index (χ1v) is 9.83. The van der Waals surface area contributed by atoms with Crippen molar-refractivity contribution in [3.05, 3.63) is 66.0 Å². The number of hydrogen-bond acceptors (Lipinski definition) is 4. The van der Waals surface area contributed by atoms with Gasteiger partial charge in [0.2, 0.25) is 15.9 Å². The Morgan fingerprint density at radius 3 is 2.20 bits per heavy atom. The number of sulfonamides is 1. The van der Waals surface area contributed by atoms with Crippen molar-refractivity contribution >= 4 is 15.9 Å². The third-order valence-corrected chi connectivity index (χ3v) is 5.09. The van der Waals surface area contributed by atoms with E-state index in [2.05, 4.69) is 4.98 Å². The smallest absolute Gasteiger partial charge is 0.223 e. The molecule has 0 saturated heterocycles. The summed E-state index contributed by atoms with van der Waals surface area (Å²) in [6.07, 6.45) is 4.54. The van der Waals surface area contributed by atoms with Crippen molar-refractivity contribution in [2.24, 2.45) is 0 Å². The van der Waals surface area contributed by atoms with Crippen LogP contribution in [0.2, 0.25) is 0 Å². The number of amides is 1. The van der Waals surface area contributed by atoms with Gasteiger partial charge in [-0.1, -0.05) is 30.3 Å². The van der Waals surface area contributed by atoms with Gasteiger partial charge in [-0.15, -0.1) is 0 Å². The molecule has 0 aliphatic rings. The molecule has 0 saturated carbocycles. The number of benzene rings is 1. The van der Waals surface area contributed by atoms with Crippen LogP contribution in [0.5, 0.6) is 0 Å². The lowest BCUT2D eigenvalue weighted by molar-refractivity contribution is -0.130. The molecule has 0 spiro atoms. The highest BCUT2D eigenvalue weighted by Gasteiger charge is 2.19. The summed E-state index contributed by atoms with van der Waals surface area (Å²) in [5, 5.41) is 0. The quantitative estimate of drug-likeness (QED) is 0.720. The van der Waals surface area contributed by atoms with Gasteiger partial charge < -0.3 is 4.90 Å². The Morgan fingerprint density at radius 1 is 1.00 bits per heavy atom. The van der Waals surface area contributed by atoms with E-state index in [1.54, 1.807) is 36.5 Å². The summed E-state index contributed by atoms with van der Waals surface area (Å²) in [7, 11) is -1.68. The van der Waals surface area contributed by atoms with Crippen LogP contribution < -0.4 is 0 Å². The number of nitrogens with zero attached hydrogens (tertiary/aromatic N) is 3. The molecule has 0 aliphatic carbocycles. The lowest BCUT2D eigenvalue weighted by Crippen LogP contribution is -2.34. The molecule has 25 heavy (non-hydrogen) atoms. The van der Waals surface area contributed by atoms with Crippen molar-refractivity contribution in [3.8, 4) is 0 Å². The summed E-state index contributed by atoms with van der Waals surface area (Å²) < 4.78 is 25.3. The van der Waals surface area contributed by atoms with Crippen LogP contribution in [0.15, 0.2) is 54.9 Å². The first kappa shape index (κ1) is 19.1. The standard InChI is InChI=1S/C18H23N3O3S/c1-20(14-16-6-4-3-5-7-16)18(22)10-13-21(25(2,23)24)15-17-8-11-19-12-9-17/h3-9,11-12H,10,13-15H2,1-2H3. The van der Waals surface area contributed by atoms with Gasteiger partial charge in [0.1, 0.15) is 0 Å². The summed E-state index contributed by atoms with van der Waals surface area (Å²) >= 11 is 0. The normalized spacial score (nSPS) is 11.5. The first-order valence-electron chi connectivity index (χ1n) is 7.98. The predicted molar refractivity (Wildman–Crippen MR) is 97.0 cm³/mol. The molecule has 0 fully saturated rings. The van der Waals surface area contributed by atoms with E-state index in [0.29, 0.717) is 6.54 Å². The Bertz CT molecular complexity index is 780. The van der Waals surface area contributed by atoms with Crippen LogP contribution in [0.25, 0.3) is 0 Å². The van der Waals surface area contributed by atoms with Gasteiger partial charge in [-0.2, -0.15) is 4.31 Å². The van der Waals surface area contributed by atoms with Crippen LogP contribution in [0.1, 0.15) is 17.5 Å². The number of carbonyl (C=O) groups excluding carboxylic acids is 1. The van der Waals surface area contributed by atoms with Crippen LogP contribution in [0.3, 0.4) is 0 Å². The maximum absolute atomic E-state index is 12.3. The fraction of sp³-hybridized carbons (Fsp3) is 0.333. The van der Waals surface area contributed by atoms with E-state index in [9.17, 15) is 13.2 Å².